The zero-order valence-electron chi connectivity index (χ0n) is 13.9. The summed E-state index contributed by atoms with van der Waals surface area (Å²) in [5, 5.41) is 6.70. The Balaban J connectivity index is 2.07. The highest BCUT2D eigenvalue weighted by Gasteiger charge is 2.20. The molecule has 6 nitrogen and oxygen atoms in total. The Bertz CT molecular complexity index is 604. The molecule has 0 aliphatic heterocycles. The Morgan fingerprint density at radius 2 is 1.73 bits per heavy atom. The van der Waals surface area contributed by atoms with Crippen molar-refractivity contribution in [3.8, 4) is 0 Å². The van der Waals surface area contributed by atoms with E-state index in [1.165, 1.54) is 6.33 Å². The molecule has 2 rings (SSSR count). The van der Waals surface area contributed by atoms with Crippen LogP contribution in [-0.2, 0) is 6.42 Å². The maximum atomic E-state index is 4.59. The molecule has 0 atom stereocenters. The maximum Gasteiger partial charge on any atom is 0.223 e. The van der Waals surface area contributed by atoms with Crippen molar-refractivity contribution in [1.29, 1.82) is 0 Å². The molecule has 0 amide bonds. The number of nitrogens with one attached hydrogen (secondary N) is 2. The third kappa shape index (κ3) is 5.27. The minimum absolute atomic E-state index is 0.0622. The molecule has 2 N–H and O–H groups in total. The highest BCUT2D eigenvalue weighted by atomic mass is 15.1. The SMILES string of the molecule is CC(C)(C)Nc1nccc(CC(C)(C)Nc2ccncn2)n1. The second-order valence-electron chi connectivity index (χ2n) is 7.03. The van der Waals surface area contributed by atoms with Gasteiger partial charge in [-0.1, -0.05) is 0 Å². The van der Waals surface area contributed by atoms with Gasteiger partial charge in [0, 0.05) is 35.6 Å². The van der Waals surface area contributed by atoms with Gasteiger partial charge in [-0.2, -0.15) is 0 Å². The predicted octanol–water partition coefficient (Wildman–Crippen LogP) is 2.91. The molecule has 2 aromatic rings. The van der Waals surface area contributed by atoms with Crippen LogP contribution in [0.3, 0.4) is 0 Å². The molecule has 6 heteroatoms. The highest BCUT2D eigenvalue weighted by Crippen LogP contribution is 2.18. The van der Waals surface area contributed by atoms with Gasteiger partial charge in [-0.3, -0.25) is 0 Å². The van der Waals surface area contributed by atoms with Gasteiger partial charge >= 0.3 is 0 Å². The molecule has 0 saturated carbocycles. The van der Waals surface area contributed by atoms with E-state index in [1.54, 1.807) is 12.4 Å². The van der Waals surface area contributed by atoms with E-state index < -0.39 is 0 Å². The van der Waals surface area contributed by atoms with Crippen molar-refractivity contribution in [2.24, 2.45) is 0 Å². The minimum atomic E-state index is -0.179. The second kappa shape index (κ2) is 6.25. The molecule has 22 heavy (non-hydrogen) atoms. The molecule has 2 heterocycles. The molecule has 0 bridgehead atoms. The van der Waals surface area contributed by atoms with Gasteiger partial charge in [-0.05, 0) is 46.8 Å². The largest absolute Gasteiger partial charge is 0.365 e. The monoisotopic (exact) mass is 300 g/mol. The topological polar surface area (TPSA) is 75.6 Å². The summed E-state index contributed by atoms with van der Waals surface area (Å²) in [6.07, 6.45) is 5.81. The summed E-state index contributed by atoms with van der Waals surface area (Å²) in [4.78, 5) is 17.0. The summed E-state index contributed by atoms with van der Waals surface area (Å²) in [6.45, 7) is 10.5. The van der Waals surface area contributed by atoms with Gasteiger partial charge in [0.2, 0.25) is 5.95 Å². The fourth-order valence-electron chi connectivity index (χ4n) is 2.10. The van der Waals surface area contributed by atoms with Crippen LogP contribution >= 0.6 is 0 Å². The van der Waals surface area contributed by atoms with Crippen LogP contribution in [0.4, 0.5) is 11.8 Å². The van der Waals surface area contributed by atoms with Crippen molar-refractivity contribution in [3.63, 3.8) is 0 Å². The summed E-state index contributed by atoms with van der Waals surface area (Å²) in [5.74, 6) is 1.46. The van der Waals surface area contributed by atoms with Gasteiger partial charge in [0.1, 0.15) is 12.1 Å². The van der Waals surface area contributed by atoms with E-state index in [0.29, 0.717) is 5.95 Å². The average molecular weight is 300 g/mol. The van der Waals surface area contributed by atoms with Gasteiger partial charge in [-0.15, -0.1) is 0 Å². The standard InChI is InChI=1S/C16H24N6/c1-15(2,3)22-14-18-9-6-12(20-14)10-16(4,5)21-13-7-8-17-11-19-13/h6-9,11H,10H2,1-5H3,(H,17,19,21)(H,18,20,22). The van der Waals surface area contributed by atoms with Crippen LogP contribution in [0.5, 0.6) is 0 Å². The van der Waals surface area contributed by atoms with Crippen LogP contribution in [0.15, 0.2) is 30.9 Å². The molecular weight excluding hydrogens is 276 g/mol. The van der Waals surface area contributed by atoms with Crippen molar-refractivity contribution in [2.45, 2.75) is 52.1 Å². The van der Waals surface area contributed by atoms with Crippen molar-refractivity contribution < 1.29 is 0 Å². The van der Waals surface area contributed by atoms with Gasteiger partial charge in [0.25, 0.3) is 0 Å². The Morgan fingerprint density at radius 1 is 0.955 bits per heavy atom. The second-order valence-corrected chi connectivity index (χ2v) is 7.03. The van der Waals surface area contributed by atoms with Gasteiger partial charge in [-0.25, -0.2) is 19.9 Å². The number of nitrogens with zero attached hydrogens (tertiary/aromatic N) is 4. The molecule has 0 spiro atoms. The molecule has 0 radical (unpaired) electrons. The Hall–Kier alpha value is -2.24. The molecule has 0 unspecified atom stereocenters. The van der Waals surface area contributed by atoms with Crippen molar-refractivity contribution in [3.05, 3.63) is 36.5 Å². The van der Waals surface area contributed by atoms with E-state index >= 15 is 0 Å². The molecule has 0 fully saturated rings. The number of hydrogen-bond acceptors (Lipinski definition) is 6. The van der Waals surface area contributed by atoms with E-state index in [0.717, 1.165) is 17.9 Å². The third-order valence-corrected chi connectivity index (χ3v) is 2.87. The van der Waals surface area contributed by atoms with Crippen LogP contribution in [0.25, 0.3) is 0 Å². The maximum absolute atomic E-state index is 4.59. The summed E-state index contributed by atoms with van der Waals surface area (Å²) >= 11 is 0. The van der Waals surface area contributed by atoms with Crippen LogP contribution < -0.4 is 10.6 Å². The van der Waals surface area contributed by atoms with Crippen LogP contribution in [0, 0.1) is 0 Å². The van der Waals surface area contributed by atoms with Gasteiger partial charge < -0.3 is 10.6 Å². The van der Waals surface area contributed by atoms with Gasteiger partial charge in [0.05, 0.1) is 0 Å². The van der Waals surface area contributed by atoms with E-state index in [-0.39, 0.29) is 11.1 Å². The fourth-order valence-corrected chi connectivity index (χ4v) is 2.10. The van der Waals surface area contributed by atoms with Crippen LogP contribution in [0.1, 0.15) is 40.3 Å². The van der Waals surface area contributed by atoms with Crippen molar-refractivity contribution in [1.82, 2.24) is 19.9 Å². The lowest BCUT2D eigenvalue weighted by Gasteiger charge is -2.27. The Morgan fingerprint density at radius 3 is 2.36 bits per heavy atom. The quantitative estimate of drug-likeness (QED) is 0.884. The summed E-state index contributed by atoms with van der Waals surface area (Å²) in [5.41, 5.74) is 0.739. The Labute approximate surface area is 131 Å². The zero-order chi connectivity index (χ0) is 16.2. The zero-order valence-corrected chi connectivity index (χ0v) is 13.9. The van der Waals surface area contributed by atoms with Gasteiger partial charge in [0.15, 0.2) is 0 Å². The Kier molecular flexibility index (Phi) is 4.59. The van der Waals surface area contributed by atoms with Crippen molar-refractivity contribution in [2.75, 3.05) is 10.6 Å². The summed E-state index contributed by atoms with van der Waals surface area (Å²) < 4.78 is 0. The molecular formula is C16H24N6. The lowest BCUT2D eigenvalue weighted by Crippen LogP contribution is -2.34. The molecule has 0 aliphatic rings. The minimum Gasteiger partial charge on any atom is -0.365 e. The summed E-state index contributed by atoms with van der Waals surface area (Å²) in [7, 11) is 0. The predicted molar refractivity (Wildman–Crippen MR) is 88.8 cm³/mol. The van der Waals surface area contributed by atoms with Crippen LogP contribution in [-0.4, -0.2) is 31.0 Å². The van der Waals surface area contributed by atoms with Crippen LogP contribution in [0.2, 0.25) is 0 Å². The fraction of sp³-hybridized carbons (Fsp3) is 0.500. The first kappa shape index (κ1) is 16.1. The number of hydrogen-bond donors (Lipinski definition) is 2. The first-order valence-electron chi connectivity index (χ1n) is 7.38. The number of anilines is 2. The first-order valence-corrected chi connectivity index (χ1v) is 7.38. The average Bonchev–Trinajstić information content (AvgIpc) is 2.36. The first-order chi connectivity index (χ1) is 10.2. The molecule has 0 aromatic carbocycles. The number of rotatable bonds is 5. The molecule has 0 saturated heterocycles. The lowest BCUT2D eigenvalue weighted by atomic mass is 9.98. The lowest BCUT2D eigenvalue weighted by molar-refractivity contribution is 0.552. The van der Waals surface area contributed by atoms with E-state index in [1.807, 2.05) is 12.1 Å². The van der Waals surface area contributed by atoms with E-state index in [4.69, 9.17) is 0 Å². The van der Waals surface area contributed by atoms with E-state index in [2.05, 4.69) is 65.2 Å². The third-order valence-electron chi connectivity index (χ3n) is 2.87. The smallest absolute Gasteiger partial charge is 0.223 e. The molecule has 118 valence electrons. The molecule has 0 aliphatic carbocycles. The number of aromatic nitrogens is 4. The van der Waals surface area contributed by atoms with Crippen molar-refractivity contribution >= 4 is 11.8 Å². The summed E-state index contributed by atoms with van der Waals surface area (Å²) in [6, 6.07) is 3.80. The highest BCUT2D eigenvalue weighted by molar-refractivity contribution is 5.36. The normalized spacial score (nSPS) is 12.0. The van der Waals surface area contributed by atoms with E-state index in [9.17, 15) is 0 Å². The molecule has 2 aromatic heterocycles.